The zero-order valence-electron chi connectivity index (χ0n) is 17.4. The van der Waals surface area contributed by atoms with Gasteiger partial charge in [0, 0.05) is 18.5 Å². The molecule has 0 spiro atoms. The fraction of sp³-hybridized carbons (Fsp3) is 0.650. The molecule has 5 nitrogen and oxygen atoms in total. The van der Waals surface area contributed by atoms with Crippen LogP contribution in [0.5, 0.6) is 0 Å². The summed E-state index contributed by atoms with van der Waals surface area (Å²) in [4.78, 5) is 7.16. The van der Waals surface area contributed by atoms with Crippen LogP contribution in [0.1, 0.15) is 41.5 Å². The van der Waals surface area contributed by atoms with Crippen molar-refractivity contribution in [3.63, 3.8) is 0 Å². The zero-order valence-corrected chi connectivity index (χ0v) is 19.3. The van der Waals surface area contributed by atoms with E-state index in [2.05, 4.69) is 69.0 Å². The lowest BCUT2D eigenvalue weighted by atomic mass is 10.3. The molecule has 2 aromatic heterocycles. The first-order valence-electron chi connectivity index (χ1n) is 10.0. The smallest absolute Gasteiger partial charge is 0.171 e. The highest BCUT2D eigenvalue weighted by Gasteiger charge is 2.46. The number of anilines is 1. The Morgan fingerprint density at radius 2 is 1.48 bits per heavy atom. The summed E-state index contributed by atoms with van der Waals surface area (Å²) in [6.45, 7) is 15.2. The number of hydrogen-bond donors (Lipinski definition) is 0. The van der Waals surface area contributed by atoms with Crippen molar-refractivity contribution in [3.05, 3.63) is 24.4 Å². The van der Waals surface area contributed by atoms with Crippen LogP contribution in [-0.4, -0.2) is 50.5 Å². The average Bonchev–Trinajstić information content (AvgIpc) is 2.98. The summed E-state index contributed by atoms with van der Waals surface area (Å²) < 4.78 is 26.0. The summed E-state index contributed by atoms with van der Waals surface area (Å²) in [7, 11) is -4.76. The van der Waals surface area contributed by atoms with Crippen molar-refractivity contribution in [2.75, 3.05) is 29.5 Å². The largest absolute Gasteiger partial charge is 0.358 e. The minimum Gasteiger partial charge on any atom is -0.358 e. The predicted molar refractivity (Wildman–Crippen MR) is 117 cm³/mol. The number of fused-ring (bicyclic) bond motifs is 1. The van der Waals surface area contributed by atoms with Gasteiger partial charge in [-0.25, -0.2) is 13.4 Å². The molecule has 7 heteroatoms. The number of sulfone groups is 1. The van der Waals surface area contributed by atoms with Gasteiger partial charge in [0.25, 0.3) is 0 Å². The first-order valence-corrected chi connectivity index (χ1v) is 14.0. The van der Waals surface area contributed by atoms with E-state index in [9.17, 15) is 8.42 Å². The number of rotatable bonds is 5. The maximum atomic E-state index is 11.8. The zero-order chi connectivity index (χ0) is 20.0. The molecule has 3 rings (SSSR count). The van der Waals surface area contributed by atoms with Gasteiger partial charge in [-0.1, -0.05) is 41.5 Å². The van der Waals surface area contributed by atoms with E-state index in [1.807, 2.05) is 6.07 Å². The highest BCUT2D eigenvalue weighted by atomic mass is 32.2. The standard InChI is InChI=1S/C20H33N3O2SSi/c1-15(2)27(16(3)4,17(5)6)23-10-9-18-7-8-19(21-20(18)23)22-11-13-26(24,25)14-12-22/h7-10,15-17H,11-14H2,1-6H3. The molecule has 0 bridgehead atoms. The molecule has 27 heavy (non-hydrogen) atoms. The van der Waals surface area contributed by atoms with Gasteiger partial charge in [-0.05, 0) is 41.0 Å². The first kappa shape index (κ1) is 20.4. The predicted octanol–water partition coefficient (Wildman–Crippen LogP) is 4.29. The van der Waals surface area contributed by atoms with Crippen LogP contribution in [-0.2, 0) is 9.84 Å². The molecular weight excluding hydrogens is 374 g/mol. The molecule has 0 unspecified atom stereocenters. The summed E-state index contributed by atoms with van der Waals surface area (Å²) in [6.07, 6.45) is 2.24. The summed E-state index contributed by atoms with van der Waals surface area (Å²) in [6, 6.07) is 6.35. The maximum Gasteiger partial charge on any atom is 0.171 e. The van der Waals surface area contributed by atoms with Crippen molar-refractivity contribution in [3.8, 4) is 0 Å². The van der Waals surface area contributed by atoms with Gasteiger partial charge in [-0.2, -0.15) is 0 Å². The number of hydrogen-bond acceptors (Lipinski definition) is 4. The van der Waals surface area contributed by atoms with E-state index in [-0.39, 0.29) is 11.5 Å². The van der Waals surface area contributed by atoms with E-state index in [0.717, 1.165) is 11.5 Å². The summed E-state index contributed by atoms with van der Waals surface area (Å²) in [5, 5.41) is 1.17. The fourth-order valence-electron chi connectivity index (χ4n) is 5.26. The molecular formula is C20H33N3O2SSi. The molecule has 2 aromatic rings. The van der Waals surface area contributed by atoms with Gasteiger partial charge in [0.05, 0.1) is 11.5 Å². The number of nitrogens with zero attached hydrogens (tertiary/aromatic N) is 3. The van der Waals surface area contributed by atoms with E-state index >= 15 is 0 Å². The van der Waals surface area contributed by atoms with E-state index in [1.165, 1.54) is 5.39 Å². The molecule has 0 radical (unpaired) electrons. The van der Waals surface area contributed by atoms with Crippen LogP contribution < -0.4 is 4.90 Å². The number of aromatic nitrogens is 2. The Morgan fingerprint density at radius 3 is 2.00 bits per heavy atom. The normalized spacial score (nSPS) is 18.2. The molecule has 0 atom stereocenters. The molecule has 0 amide bonds. The molecule has 1 fully saturated rings. The second-order valence-electron chi connectivity index (χ2n) is 8.76. The molecule has 0 aliphatic carbocycles. The van der Waals surface area contributed by atoms with Crippen molar-refractivity contribution in [1.29, 1.82) is 0 Å². The van der Waals surface area contributed by atoms with Crippen molar-refractivity contribution >= 4 is 34.9 Å². The molecule has 0 N–H and O–H groups in total. The van der Waals surface area contributed by atoms with Gasteiger partial charge in [0.1, 0.15) is 11.5 Å². The first-order chi connectivity index (χ1) is 12.6. The molecule has 0 saturated carbocycles. The monoisotopic (exact) mass is 407 g/mol. The van der Waals surface area contributed by atoms with Crippen LogP contribution in [0.3, 0.4) is 0 Å². The van der Waals surface area contributed by atoms with E-state index in [0.29, 0.717) is 29.7 Å². The Bertz CT molecular complexity index is 883. The van der Waals surface area contributed by atoms with Crippen molar-refractivity contribution in [1.82, 2.24) is 9.22 Å². The topological polar surface area (TPSA) is 55.2 Å². The summed E-state index contributed by atoms with van der Waals surface area (Å²) in [5.41, 5.74) is 2.85. The highest BCUT2D eigenvalue weighted by Crippen LogP contribution is 2.44. The maximum absolute atomic E-state index is 11.8. The van der Waals surface area contributed by atoms with Gasteiger partial charge in [-0.15, -0.1) is 0 Å². The van der Waals surface area contributed by atoms with Crippen LogP contribution >= 0.6 is 0 Å². The Labute approximate surface area is 164 Å². The third-order valence-corrected chi connectivity index (χ3v) is 14.7. The van der Waals surface area contributed by atoms with Gasteiger partial charge < -0.3 is 9.13 Å². The second-order valence-corrected chi connectivity index (χ2v) is 16.8. The third kappa shape index (κ3) is 3.44. The average molecular weight is 408 g/mol. The molecule has 3 heterocycles. The Morgan fingerprint density at radius 1 is 0.926 bits per heavy atom. The van der Waals surface area contributed by atoms with Gasteiger partial charge >= 0.3 is 0 Å². The van der Waals surface area contributed by atoms with E-state index in [4.69, 9.17) is 4.98 Å². The Hall–Kier alpha value is -1.34. The van der Waals surface area contributed by atoms with Crippen LogP contribution in [0.15, 0.2) is 24.4 Å². The highest BCUT2D eigenvalue weighted by molar-refractivity contribution is 7.91. The van der Waals surface area contributed by atoms with Crippen LogP contribution in [0, 0.1) is 0 Å². The van der Waals surface area contributed by atoms with Crippen molar-refractivity contribution < 1.29 is 8.42 Å². The Kier molecular flexibility index (Phi) is 5.47. The van der Waals surface area contributed by atoms with Crippen molar-refractivity contribution in [2.45, 2.75) is 58.2 Å². The molecule has 0 aromatic carbocycles. The van der Waals surface area contributed by atoms with E-state index < -0.39 is 18.1 Å². The second kappa shape index (κ2) is 7.24. The minimum absolute atomic E-state index is 0.219. The minimum atomic E-state index is -2.89. The molecule has 1 aliphatic rings. The van der Waals surface area contributed by atoms with Crippen molar-refractivity contribution in [2.24, 2.45) is 0 Å². The Balaban J connectivity index is 2.10. The van der Waals surface area contributed by atoms with Crippen LogP contribution in [0.4, 0.5) is 5.82 Å². The molecule has 150 valence electrons. The van der Waals surface area contributed by atoms with Crippen LogP contribution in [0.25, 0.3) is 11.0 Å². The molecule has 1 aliphatic heterocycles. The lowest BCUT2D eigenvalue weighted by Gasteiger charge is -2.44. The quantitative estimate of drug-likeness (QED) is 0.694. The fourth-order valence-corrected chi connectivity index (χ4v) is 13.0. The lowest BCUT2D eigenvalue weighted by molar-refractivity contribution is 0.586. The van der Waals surface area contributed by atoms with Crippen LogP contribution in [0.2, 0.25) is 16.6 Å². The number of pyridine rings is 1. The summed E-state index contributed by atoms with van der Waals surface area (Å²) >= 11 is 0. The van der Waals surface area contributed by atoms with Gasteiger partial charge in [-0.3, -0.25) is 0 Å². The van der Waals surface area contributed by atoms with E-state index in [1.54, 1.807) is 0 Å². The molecule has 1 saturated heterocycles. The SMILES string of the molecule is CC(C)[Si](C(C)C)(C(C)C)n1ccc2ccc(N3CCS(=O)(=O)CC3)nc21. The third-order valence-electron chi connectivity index (χ3n) is 6.38. The summed E-state index contributed by atoms with van der Waals surface area (Å²) in [5.74, 6) is 1.34. The van der Waals surface area contributed by atoms with Gasteiger partial charge in [0.2, 0.25) is 0 Å². The lowest BCUT2D eigenvalue weighted by Crippen LogP contribution is -2.51. The van der Waals surface area contributed by atoms with Gasteiger partial charge in [0.15, 0.2) is 18.1 Å².